The first-order chi connectivity index (χ1) is 5.88. The molecule has 0 aliphatic carbocycles. The van der Waals surface area contributed by atoms with Crippen molar-refractivity contribution in [3.8, 4) is 0 Å². The quantitative estimate of drug-likeness (QED) is 0.483. The van der Waals surface area contributed by atoms with Crippen LogP contribution < -0.4 is 0 Å². The van der Waals surface area contributed by atoms with Crippen molar-refractivity contribution >= 4 is 12.4 Å². The van der Waals surface area contributed by atoms with Gasteiger partial charge in [-0.2, -0.15) is 0 Å². The Bertz CT molecular complexity index is 184. The number of rotatable bonds is 4. The Kier molecular flexibility index (Phi) is 4.45. The van der Waals surface area contributed by atoms with Gasteiger partial charge in [-0.25, -0.2) is 0 Å². The number of hydrogen-bond acceptors (Lipinski definition) is 3. The average molecular weight is 187 g/mol. The molecule has 0 atom stereocenters. The van der Waals surface area contributed by atoms with E-state index in [1.807, 2.05) is 20.8 Å². The number of carbonyl (C=O) groups excluding carboxylic acids is 2. The molecule has 4 heteroatoms. The fourth-order valence-electron chi connectivity index (χ4n) is 0.834. The van der Waals surface area contributed by atoms with Crippen molar-refractivity contribution in [2.24, 2.45) is 0 Å². The molecule has 0 bridgehead atoms. The molecule has 76 valence electrons. The first-order valence-electron chi connectivity index (χ1n) is 4.23. The third-order valence-corrected chi connectivity index (χ3v) is 1.63. The van der Waals surface area contributed by atoms with Gasteiger partial charge in [-0.1, -0.05) is 0 Å². The summed E-state index contributed by atoms with van der Waals surface area (Å²) in [5.41, 5.74) is -0.220. The van der Waals surface area contributed by atoms with Gasteiger partial charge in [0.25, 0.3) is 0 Å². The van der Waals surface area contributed by atoms with Crippen LogP contribution in [0.15, 0.2) is 0 Å². The van der Waals surface area contributed by atoms with Crippen molar-refractivity contribution < 1.29 is 14.3 Å². The number of esters is 1. The molecule has 0 aromatic carbocycles. The Morgan fingerprint density at radius 1 is 1.46 bits per heavy atom. The van der Waals surface area contributed by atoms with E-state index in [-0.39, 0.29) is 18.1 Å². The maximum absolute atomic E-state index is 10.6. The molecule has 13 heavy (non-hydrogen) atoms. The van der Waals surface area contributed by atoms with E-state index >= 15 is 0 Å². The third-order valence-electron chi connectivity index (χ3n) is 1.63. The summed E-state index contributed by atoms with van der Waals surface area (Å²) in [5, 5.41) is 0. The second kappa shape index (κ2) is 4.84. The van der Waals surface area contributed by atoms with Gasteiger partial charge in [-0.15, -0.1) is 0 Å². The minimum atomic E-state index is -0.320. The molecule has 1 amide bonds. The largest absolute Gasteiger partial charge is 0.464 e. The highest BCUT2D eigenvalue weighted by Crippen LogP contribution is 2.09. The molecule has 0 rings (SSSR count). The van der Waals surface area contributed by atoms with Gasteiger partial charge in [0.1, 0.15) is 6.61 Å². The maximum Gasteiger partial charge on any atom is 0.302 e. The number of nitrogens with zero attached hydrogens (tertiary/aromatic N) is 1. The molecule has 4 nitrogen and oxygen atoms in total. The predicted molar refractivity (Wildman–Crippen MR) is 49.2 cm³/mol. The van der Waals surface area contributed by atoms with Gasteiger partial charge in [-0.05, 0) is 20.8 Å². The monoisotopic (exact) mass is 187 g/mol. The van der Waals surface area contributed by atoms with E-state index in [9.17, 15) is 9.59 Å². The summed E-state index contributed by atoms with van der Waals surface area (Å²) in [6, 6.07) is 0. The Balaban J connectivity index is 3.87. The van der Waals surface area contributed by atoms with E-state index < -0.39 is 0 Å². The zero-order valence-corrected chi connectivity index (χ0v) is 8.66. The van der Waals surface area contributed by atoms with Crippen molar-refractivity contribution in [3.05, 3.63) is 0 Å². The minimum Gasteiger partial charge on any atom is -0.464 e. The van der Waals surface area contributed by atoms with Crippen molar-refractivity contribution in [2.45, 2.75) is 33.2 Å². The molecule has 0 heterocycles. The third kappa shape index (κ3) is 5.22. The van der Waals surface area contributed by atoms with Crippen LogP contribution in [0.2, 0.25) is 0 Å². The van der Waals surface area contributed by atoms with Crippen molar-refractivity contribution in [1.82, 2.24) is 4.90 Å². The average Bonchev–Trinajstić information content (AvgIpc) is 1.95. The minimum absolute atomic E-state index is 0.220. The normalized spacial score (nSPS) is 10.8. The van der Waals surface area contributed by atoms with Crippen LogP contribution >= 0.6 is 0 Å². The molecule has 0 aliphatic rings. The van der Waals surface area contributed by atoms with E-state index in [2.05, 4.69) is 0 Å². The molecule has 0 N–H and O–H groups in total. The zero-order valence-electron chi connectivity index (χ0n) is 8.66. The second-order valence-electron chi connectivity index (χ2n) is 3.81. The summed E-state index contributed by atoms with van der Waals surface area (Å²) >= 11 is 0. The van der Waals surface area contributed by atoms with Crippen LogP contribution in [0.1, 0.15) is 27.7 Å². The molecule has 0 unspecified atom stereocenters. The van der Waals surface area contributed by atoms with Gasteiger partial charge in [0.2, 0.25) is 6.41 Å². The van der Waals surface area contributed by atoms with Crippen LogP contribution in [0.3, 0.4) is 0 Å². The Morgan fingerprint density at radius 3 is 2.31 bits per heavy atom. The molecular formula is C9H17NO3. The SMILES string of the molecule is CC(=O)OCCN(C=O)C(C)(C)C. The number of amides is 1. The number of carbonyl (C=O) groups is 2. The molecular weight excluding hydrogens is 170 g/mol. The lowest BCUT2D eigenvalue weighted by atomic mass is 10.1. The highest BCUT2D eigenvalue weighted by Gasteiger charge is 2.18. The van der Waals surface area contributed by atoms with Crippen molar-refractivity contribution in [3.63, 3.8) is 0 Å². The molecule has 0 saturated heterocycles. The van der Waals surface area contributed by atoms with Crippen LogP contribution in [0.5, 0.6) is 0 Å². The number of ether oxygens (including phenoxy) is 1. The van der Waals surface area contributed by atoms with E-state index in [1.165, 1.54) is 6.92 Å². The molecule has 0 aromatic heterocycles. The smallest absolute Gasteiger partial charge is 0.302 e. The fourth-order valence-corrected chi connectivity index (χ4v) is 0.834. The standard InChI is InChI=1S/C9H17NO3/c1-8(12)13-6-5-10(7-11)9(2,3)4/h7H,5-6H2,1-4H3. The van der Waals surface area contributed by atoms with Gasteiger partial charge in [0, 0.05) is 12.5 Å². The second-order valence-corrected chi connectivity index (χ2v) is 3.81. The highest BCUT2D eigenvalue weighted by molar-refractivity contribution is 5.65. The lowest BCUT2D eigenvalue weighted by Gasteiger charge is -2.31. The topological polar surface area (TPSA) is 46.6 Å². The molecule has 0 radical (unpaired) electrons. The van der Waals surface area contributed by atoms with Crippen molar-refractivity contribution in [1.29, 1.82) is 0 Å². The summed E-state index contributed by atoms with van der Waals surface area (Å²) in [4.78, 5) is 22.6. The Morgan fingerprint density at radius 2 is 2.00 bits per heavy atom. The lowest BCUT2D eigenvalue weighted by molar-refractivity contribution is -0.143. The zero-order chi connectivity index (χ0) is 10.5. The summed E-state index contributed by atoms with van der Waals surface area (Å²) in [6.07, 6.45) is 0.767. The van der Waals surface area contributed by atoms with Gasteiger partial charge >= 0.3 is 5.97 Å². The van der Waals surface area contributed by atoms with E-state index in [0.717, 1.165) is 6.41 Å². The van der Waals surface area contributed by atoms with Crippen LogP contribution in [0.25, 0.3) is 0 Å². The molecule has 0 aromatic rings. The van der Waals surface area contributed by atoms with Crippen LogP contribution in [-0.2, 0) is 14.3 Å². The van der Waals surface area contributed by atoms with E-state index in [1.54, 1.807) is 4.90 Å². The van der Waals surface area contributed by atoms with E-state index in [0.29, 0.717) is 6.54 Å². The summed E-state index contributed by atoms with van der Waals surface area (Å²) in [7, 11) is 0. The molecule has 0 fully saturated rings. The highest BCUT2D eigenvalue weighted by atomic mass is 16.5. The molecule has 0 saturated carbocycles. The Hall–Kier alpha value is -1.06. The van der Waals surface area contributed by atoms with Gasteiger partial charge in [0.05, 0.1) is 6.54 Å². The van der Waals surface area contributed by atoms with Gasteiger partial charge < -0.3 is 9.64 Å². The van der Waals surface area contributed by atoms with Gasteiger partial charge in [-0.3, -0.25) is 9.59 Å². The maximum atomic E-state index is 10.6. The van der Waals surface area contributed by atoms with Crippen LogP contribution in [0, 0.1) is 0 Å². The lowest BCUT2D eigenvalue weighted by Crippen LogP contribution is -2.42. The number of hydrogen-bond donors (Lipinski definition) is 0. The van der Waals surface area contributed by atoms with Crippen LogP contribution in [0.4, 0.5) is 0 Å². The molecule has 0 spiro atoms. The predicted octanol–water partition coefficient (Wildman–Crippen LogP) is 0.806. The fraction of sp³-hybridized carbons (Fsp3) is 0.778. The summed E-state index contributed by atoms with van der Waals surface area (Å²) in [6.45, 7) is 7.82. The van der Waals surface area contributed by atoms with Crippen molar-refractivity contribution in [2.75, 3.05) is 13.2 Å². The molecule has 0 aliphatic heterocycles. The Labute approximate surface area is 78.9 Å². The van der Waals surface area contributed by atoms with E-state index in [4.69, 9.17) is 4.74 Å². The first-order valence-corrected chi connectivity index (χ1v) is 4.23. The summed E-state index contributed by atoms with van der Waals surface area (Å²) < 4.78 is 4.73. The van der Waals surface area contributed by atoms with Crippen LogP contribution in [-0.4, -0.2) is 36.0 Å². The first kappa shape index (κ1) is 11.9. The summed E-state index contributed by atoms with van der Waals surface area (Å²) in [5.74, 6) is -0.320. The van der Waals surface area contributed by atoms with Gasteiger partial charge in [0.15, 0.2) is 0 Å².